The Morgan fingerprint density at radius 2 is 2.25 bits per heavy atom. The Bertz CT molecular complexity index is 819. The number of alkyl halides is 2. The number of halogens is 2. The minimum Gasteiger partial charge on any atom is -0.417 e. The molecular formula is C14H16F2N6O2. The third-order valence-electron chi connectivity index (χ3n) is 3.31. The third-order valence-corrected chi connectivity index (χ3v) is 3.31. The maximum atomic E-state index is 12.1. The summed E-state index contributed by atoms with van der Waals surface area (Å²) in [7, 11) is 0. The molecule has 3 N–H and O–H groups in total. The summed E-state index contributed by atoms with van der Waals surface area (Å²) in [5, 5.41) is 18.2. The van der Waals surface area contributed by atoms with Crippen LogP contribution in [0.3, 0.4) is 0 Å². The smallest absolute Gasteiger partial charge is 0.388 e. The molecule has 10 heteroatoms. The maximum Gasteiger partial charge on any atom is 0.388 e. The predicted molar refractivity (Wildman–Crippen MR) is 82.3 cm³/mol. The molecule has 0 aliphatic heterocycles. The summed E-state index contributed by atoms with van der Waals surface area (Å²) in [5.74, 6) is 0.622. The molecule has 8 nitrogen and oxygen atoms in total. The van der Waals surface area contributed by atoms with Crippen LogP contribution in [0.1, 0.15) is 6.92 Å². The van der Waals surface area contributed by atoms with Crippen LogP contribution in [-0.4, -0.2) is 43.1 Å². The average molecular weight is 338 g/mol. The van der Waals surface area contributed by atoms with Gasteiger partial charge in [-0.3, -0.25) is 0 Å². The van der Waals surface area contributed by atoms with E-state index in [2.05, 4.69) is 30.2 Å². The number of aromatic nitrogens is 5. The van der Waals surface area contributed by atoms with Crippen molar-refractivity contribution in [2.75, 3.05) is 11.9 Å². The number of rotatable bonds is 7. The summed E-state index contributed by atoms with van der Waals surface area (Å²) < 4.78 is 30.4. The monoisotopic (exact) mass is 338 g/mol. The number of aliphatic hydroxyl groups is 1. The Kier molecular flexibility index (Phi) is 4.56. The van der Waals surface area contributed by atoms with E-state index < -0.39 is 6.61 Å². The van der Waals surface area contributed by atoms with Crippen LogP contribution < -0.4 is 10.1 Å². The van der Waals surface area contributed by atoms with Crippen LogP contribution in [0, 0.1) is 5.92 Å². The first-order chi connectivity index (χ1) is 11.5. The van der Waals surface area contributed by atoms with Crippen molar-refractivity contribution in [1.82, 2.24) is 24.7 Å². The minimum atomic E-state index is -2.92. The van der Waals surface area contributed by atoms with Gasteiger partial charge in [0.2, 0.25) is 5.88 Å². The van der Waals surface area contributed by atoms with Crippen LogP contribution in [0.5, 0.6) is 5.88 Å². The topological polar surface area (TPSA) is 101 Å². The molecule has 0 spiro atoms. The van der Waals surface area contributed by atoms with Crippen molar-refractivity contribution in [2.45, 2.75) is 20.1 Å². The molecule has 0 bridgehead atoms. The van der Waals surface area contributed by atoms with E-state index in [0.717, 1.165) is 5.52 Å². The molecule has 0 saturated carbocycles. The lowest BCUT2D eigenvalue weighted by molar-refractivity contribution is -0.0528. The SMILES string of the molecule is C[C@@H](CO)Cn1ccc2ncc(Nc3cc(OC(F)F)[nH]n3)nc21. The van der Waals surface area contributed by atoms with Crippen LogP contribution >= 0.6 is 0 Å². The van der Waals surface area contributed by atoms with Gasteiger partial charge in [-0.2, -0.15) is 13.9 Å². The lowest BCUT2D eigenvalue weighted by atomic mass is 10.2. The molecule has 0 radical (unpaired) electrons. The number of nitrogens with zero attached hydrogens (tertiary/aromatic N) is 4. The van der Waals surface area contributed by atoms with Gasteiger partial charge in [0.1, 0.15) is 5.52 Å². The minimum absolute atomic E-state index is 0.0746. The molecular weight excluding hydrogens is 322 g/mol. The zero-order valence-corrected chi connectivity index (χ0v) is 12.8. The number of aromatic amines is 1. The van der Waals surface area contributed by atoms with Crippen LogP contribution in [0.15, 0.2) is 24.5 Å². The molecule has 0 fully saturated rings. The fourth-order valence-electron chi connectivity index (χ4n) is 2.21. The number of fused-ring (bicyclic) bond motifs is 1. The first-order valence-corrected chi connectivity index (χ1v) is 7.25. The van der Waals surface area contributed by atoms with E-state index >= 15 is 0 Å². The highest BCUT2D eigenvalue weighted by Gasteiger charge is 2.11. The molecule has 0 aliphatic rings. The second-order valence-corrected chi connectivity index (χ2v) is 5.34. The fourth-order valence-corrected chi connectivity index (χ4v) is 2.21. The number of nitrogens with one attached hydrogen (secondary N) is 2. The Labute approximate surface area is 135 Å². The van der Waals surface area contributed by atoms with Crippen molar-refractivity contribution in [3.63, 3.8) is 0 Å². The van der Waals surface area contributed by atoms with Crippen molar-refractivity contribution in [1.29, 1.82) is 0 Å². The summed E-state index contributed by atoms with van der Waals surface area (Å²) in [6.45, 7) is -0.320. The third kappa shape index (κ3) is 3.59. The molecule has 128 valence electrons. The highest BCUT2D eigenvalue weighted by Crippen LogP contribution is 2.20. The summed E-state index contributed by atoms with van der Waals surface area (Å²) in [4.78, 5) is 8.74. The van der Waals surface area contributed by atoms with Crippen LogP contribution in [0.4, 0.5) is 20.4 Å². The zero-order valence-electron chi connectivity index (χ0n) is 12.8. The first kappa shape index (κ1) is 16.1. The molecule has 0 unspecified atom stereocenters. The van der Waals surface area contributed by atoms with E-state index in [0.29, 0.717) is 18.0 Å². The Morgan fingerprint density at radius 3 is 3.00 bits per heavy atom. The number of aliphatic hydroxyl groups excluding tert-OH is 1. The van der Waals surface area contributed by atoms with Gasteiger partial charge in [-0.25, -0.2) is 15.1 Å². The van der Waals surface area contributed by atoms with Crippen molar-refractivity contribution in [3.05, 3.63) is 24.5 Å². The van der Waals surface area contributed by atoms with E-state index in [9.17, 15) is 13.9 Å². The van der Waals surface area contributed by atoms with Gasteiger partial charge in [0, 0.05) is 25.4 Å². The maximum absolute atomic E-state index is 12.1. The summed E-state index contributed by atoms with van der Waals surface area (Å²) in [6.07, 6.45) is 3.37. The van der Waals surface area contributed by atoms with E-state index in [1.54, 1.807) is 0 Å². The van der Waals surface area contributed by atoms with Gasteiger partial charge in [-0.15, -0.1) is 0 Å². The van der Waals surface area contributed by atoms with Gasteiger partial charge in [0.25, 0.3) is 0 Å². The van der Waals surface area contributed by atoms with E-state index in [1.165, 1.54) is 12.3 Å². The van der Waals surface area contributed by atoms with Crippen molar-refractivity contribution in [2.24, 2.45) is 5.92 Å². The lowest BCUT2D eigenvalue weighted by Gasteiger charge is -2.10. The number of anilines is 2. The van der Waals surface area contributed by atoms with E-state index in [-0.39, 0.29) is 24.2 Å². The molecule has 3 aromatic rings. The molecule has 1 atom stereocenters. The molecule has 24 heavy (non-hydrogen) atoms. The zero-order chi connectivity index (χ0) is 17.1. The Morgan fingerprint density at radius 1 is 1.42 bits per heavy atom. The second-order valence-electron chi connectivity index (χ2n) is 5.34. The van der Waals surface area contributed by atoms with Gasteiger partial charge < -0.3 is 19.7 Å². The van der Waals surface area contributed by atoms with Crippen LogP contribution in [-0.2, 0) is 6.54 Å². The van der Waals surface area contributed by atoms with Gasteiger partial charge in [-0.1, -0.05) is 6.92 Å². The van der Waals surface area contributed by atoms with Gasteiger partial charge >= 0.3 is 6.61 Å². The Balaban J connectivity index is 1.79. The molecule has 3 heterocycles. The summed E-state index contributed by atoms with van der Waals surface area (Å²) in [6, 6.07) is 3.13. The van der Waals surface area contributed by atoms with Gasteiger partial charge in [0.15, 0.2) is 17.3 Å². The van der Waals surface area contributed by atoms with Crippen LogP contribution in [0.2, 0.25) is 0 Å². The Hall–Kier alpha value is -2.75. The number of hydrogen-bond donors (Lipinski definition) is 3. The second kappa shape index (κ2) is 6.79. The average Bonchev–Trinajstić information content (AvgIpc) is 3.14. The molecule has 0 saturated heterocycles. The van der Waals surface area contributed by atoms with Crippen molar-refractivity contribution >= 4 is 22.8 Å². The standard InChI is InChI=1S/C14H16F2N6O2/c1-8(7-23)6-22-3-2-9-13(22)19-11(5-17-9)18-10-4-12(21-20-10)24-14(15)16/h2-5,8,14,23H,6-7H2,1H3,(H2,18,19,20,21)/t8-/m1/s1. The largest absolute Gasteiger partial charge is 0.417 e. The number of ether oxygens (including phenoxy) is 1. The number of H-pyrrole nitrogens is 1. The molecule has 0 aromatic carbocycles. The quantitative estimate of drug-likeness (QED) is 0.610. The van der Waals surface area contributed by atoms with Crippen LogP contribution in [0.25, 0.3) is 11.2 Å². The highest BCUT2D eigenvalue weighted by molar-refractivity contribution is 5.73. The molecule has 0 aliphatic carbocycles. The van der Waals surface area contributed by atoms with Crippen molar-refractivity contribution < 1.29 is 18.6 Å². The number of hydrogen-bond acceptors (Lipinski definition) is 6. The van der Waals surface area contributed by atoms with E-state index in [1.807, 2.05) is 23.8 Å². The summed E-state index contributed by atoms with van der Waals surface area (Å²) >= 11 is 0. The molecule has 3 rings (SSSR count). The highest BCUT2D eigenvalue weighted by atomic mass is 19.3. The van der Waals surface area contributed by atoms with Gasteiger partial charge in [0.05, 0.1) is 6.20 Å². The molecule has 0 amide bonds. The van der Waals surface area contributed by atoms with E-state index in [4.69, 9.17) is 0 Å². The normalized spacial score (nSPS) is 12.7. The predicted octanol–water partition coefficient (Wildman–Crippen LogP) is 2.13. The fraction of sp³-hybridized carbons (Fsp3) is 0.357. The summed E-state index contributed by atoms with van der Waals surface area (Å²) in [5.41, 5.74) is 1.37. The van der Waals surface area contributed by atoms with Crippen molar-refractivity contribution in [3.8, 4) is 5.88 Å². The lowest BCUT2D eigenvalue weighted by Crippen LogP contribution is -2.11. The first-order valence-electron chi connectivity index (χ1n) is 7.25. The molecule has 3 aromatic heterocycles. The van der Waals surface area contributed by atoms with Gasteiger partial charge in [-0.05, 0) is 12.0 Å².